The van der Waals surface area contributed by atoms with Crippen LogP contribution in [0.15, 0.2) is 76.7 Å². The van der Waals surface area contributed by atoms with Crippen molar-refractivity contribution in [3.63, 3.8) is 0 Å². The van der Waals surface area contributed by atoms with Crippen LogP contribution in [-0.2, 0) is 12.0 Å². The lowest BCUT2D eigenvalue weighted by Crippen LogP contribution is -2.51. The van der Waals surface area contributed by atoms with Crippen molar-refractivity contribution in [2.24, 2.45) is 15.7 Å². The summed E-state index contributed by atoms with van der Waals surface area (Å²) >= 11 is 0. The molecule has 0 bridgehead atoms. The lowest BCUT2D eigenvalue weighted by molar-refractivity contribution is -0.137. The van der Waals surface area contributed by atoms with Gasteiger partial charge in [-0.05, 0) is 29.0 Å². The van der Waals surface area contributed by atoms with E-state index in [-0.39, 0.29) is 11.6 Å². The number of nitrogens with one attached hydrogen (secondary N) is 2. The normalized spacial score (nSPS) is 19.2. The number of anilines is 1. The summed E-state index contributed by atoms with van der Waals surface area (Å²) in [5.74, 6) is -1.21. The van der Waals surface area contributed by atoms with Crippen LogP contribution in [-0.4, -0.2) is 12.3 Å². The van der Waals surface area contributed by atoms with Gasteiger partial charge in [0.05, 0.1) is 11.9 Å². The molecule has 0 amide bonds. The lowest BCUT2D eigenvalue weighted by Gasteiger charge is -2.30. The Kier molecular flexibility index (Phi) is 4.27. The largest absolute Gasteiger partial charge is 0.416 e. The molecule has 0 aromatic heterocycles. The maximum absolute atomic E-state index is 12.9. The molecular formula is C20H16F3N5. The van der Waals surface area contributed by atoms with Crippen LogP contribution in [0.4, 0.5) is 18.9 Å². The summed E-state index contributed by atoms with van der Waals surface area (Å²) in [4.78, 5) is 8.47. The molecule has 8 heteroatoms. The zero-order chi connectivity index (χ0) is 19.8. The van der Waals surface area contributed by atoms with Crippen molar-refractivity contribution < 1.29 is 13.2 Å². The summed E-state index contributed by atoms with van der Waals surface area (Å²) in [6.07, 6.45) is -3.05. The van der Waals surface area contributed by atoms with E-state index in [4.69, 9.17) is 5.73 Å². The number of benzene rings is 3. The number of aliphatic imine (C=N–C) groups is 2. The van der Waals surface area contributed by atoms with Crippen molar-refractivity contribution in [3.05, 3.63) is 77.9 Å². The van der Waals surface area contributed by atoms with Crippen molar-refractivity contribution in [2.45, 2.75) is 12.0 Å². The fourth-order valence-electron chi connectivity index (χ4n) is 3.08. The molecule has 4 rings (SSSR count). The molecule has 3 aromatic carbocycles. The Morgan fingerprint density at radius 3 is 2.54 bits per heavy atom. The van der Waals surface area contributed by atoms with E-state index in [9.17, 15) is 13.2 Å². The molecule has 4 N–H and O–H groups in total. The second kappa shape index (κ2) is 6.65. The van der Waals surface area contributed by atoms with Gasteiger partial charge in [-0.15, -0.1) is 0 Å². The van der Waals surface area contributed by atoms with Crippen LogP contribution in [0, 0.1) is 0 Å². The number of halogens is 3. The smallest absolute Gasteiger partial charge is 0.336 e. The molecule has 0 spiro atoms. The molecule has 142 valence electrons. The highest BCUT2D eigenvalue weighted by molar-refractivity contribution is 6.00. The average Bonchev–Trinajstić information content (AvgIpc) is 2.67. The number of nitrogens with two attached hydrogens (primary N) is 1. The Balaban J connectivity index is 1.69. The summed E-state index contributed by atoms with van der Waals surface area (Å²) in [6.45, 7) is 0. The molecule has 0 radical (unpaired) electrons. The summed E-state index contributed by atoms with van der Waals surface area (Å²) in [5.41, 5.74) is 6.66. The minimum Gasteiger partial charge on any atom is -0.336 e. The summed E-state index contributed by atoms with van der Waals surface area (Å²) < 4.78 is 38.8. The van der Waals surface area contributed by atoms with E-state index in [1.807, 2.05) is 42.5 Å². The Labute approximate surface area is 158 Å². The molecule has 1 aliphatic rings. The van der Waals surface area contributed by atoms with Crippen molar-refractivity contribution in [1.82, 2.24) is 5.32 Å². The standard InChI is InChI=1S/C20H16F3N5/c21-19(22,23)14-7-4-8-15(11-14)27-18-25-12-26-20(24,28-18)17-10-3-6-13-5-1-2-9-16(13)17/h1-12H,24H2,(H2,25,26,27,28). The molecule has 1 unspecified atom stereocenters. The highest BCUT2D eigenvalue weighted by Gasteiger charge is 2.32. The summed E-state index contributed by atoms with van der Waals surface area (Å²) in [5, 5.41) is 7.64. The third-order valence-electron chi connectivity index (χ3n) is 4.40. The quantitative estimate of drug-likeness (QED) is 0.626. The van der Waals surface area contributed by atoms with Crippen LogP contribution in [0.5, 0.6) is 0 Å². The Morgan fingerprint density at radius 1 is 0.964 bits per heavy atom. The number of hydrogen-bond donors (Lipinski definition) is 3. The summed E-state index contributed by atoms with van der Waals surface area (Å²) in [6, 6.07) is 18.2. The fourth-order valence-corrected chi connectivity index (χ4v) is 3.08. The van der Waals surface area contributed by atoms with Gasteiger partial charge in [-0.1, -0.05) is 48.5 Å². The van der Waals surface area contributed by atoms with Gasteiger partial charge < -0.3 is 10.6 Å². The first kappa shape index (κ1) is 18.0. The van der Waals surface area contributed by atoms with E-state index in [1.165, 1.54) is 18.5 Å². The number of guanidine groups is 1. The molecule has 3 aromatic rings. The maximum Gasteiger partial charge on any atom is 0.416 e. The number of fused-ring (bicyclic) bond motifs is 1. The van der Waals surface area contributed by atoms with E-state index in [2.05, 4.69) is 20.6 Å². The Morgan fingerprint density at radius 2 is 1.71 bits per heavy atom. The molecule has 0 fully saturated rings. The predicted molar refractivity (Wildman–Crippen MR) is 104 cm³/mol. The minimum absolute atomic E-state index is 0.105. The molecule has 0 saturated carbocycles. The summed E-state index contributed by atoms with van der Waals surface area (Å²) in [7, 11) is 0. The van der Waals surface area contributed by atoms with Gasteiger partial charge in [-0.2, -0.15) is 13.2 Å². The second-order valence-electron chi connectivity index (χ2n) is 6.33. The third kappa shape index (κ3) is 3.41. The van der Waals surface area contributed by atoms with Crippen LogP contribution in [0.2, 0.25) is 0 Å². The van der Waals surface area contributed by atoms with Gasteiger partial charge in [-0.25, -0.2) is 9.98 Å². The van der Waals surface area contributed by atoms with Gasteiger partial charge in [0, 0.05) is 11.3 Å². The first-order valence-corrected chi connectivity index (χ1v) is 8.47. The first-order chi connectivity index (χ1) is 13.4. The van der Waals surface area contributed by atoms with Gasteiger partial charge in [0.1, 0.15) is 0 Å². The van der Waals surface area contributed by atoms with Crippen molar-refractivity contribution >= 4 is 28.8 Å². The van der Waals surface area contributed by atoms with Crippen LogP contribution in [0.1, 0.15) is 11.1 Å². The van der Waals surface area contributed by atoms with Gasteiger partial charge in [0.2, 0.25) is 11.7 Å². The predicted octanol–water partition coefficient (Wildman–Crippen LogP) is 4.03. The zero-order valence-electron chi connectivity index (χ0n) is 14.5. The Hall–Kier alpha value is -3.39. The van der Waals surface area contributed by atoms with Crippen LogP contribution in [0.25, 0.3) is 10.8 Å². The number of rotatable bonds is 2. The van der Waals surface area contributed by atoms with Crippen LogP contribution in [0.3, 0.4) is 0 Å². The van der Waals surface area contributed by atoms with Gasteiger partial charge in [0.25, 0.3) is 0 Å². The molecule has 1 heterocycles. The highest BCUT2D eigenvalue weighted by atomic mass is 19.4. The van der Waals surface area contributed by atoms with Crippen molar-refractivity contribution in [3.8, 4) is 0 Å². The van der Waals surface area contributed by atoms with E-state index < -0.39 is 17.5 Å². The molecule has 1 atom stereocenters. The van der Waals surface area contributed by atoms with Crippen LogP contribution < -0.4 is 16.4 Å². The number of nitrogens with zero attached hydrogens (tertiary/aromatic N) is 2. The highest BCUT2D eigenvalue weighted by Crippen LogP contribution is 2.31. The maximum atomic E-state index is 12.9. The minimum atomic E-state index is -4.43. The zero-order valence-corrected chi connectivity index (χ0v) is 14.5. The monoisotopic (exact) mass is 383 g/mol. The van der Waals surface area contributed by atoms with Gasteiger partial charge in [0.15, 0.2) is 0 Å². The molecule has 5 nitrogen and oxygen atoms in total. The number of alkyl halides is 3. The topological polar surface area (TPSA) is 74.8 Å². The van der Waals surface area contributed by atoms with Crippen molar-refractivity contribution in [2.75, 3.05) is 5.32 Å². The molecule has 0 saturated heterocycles. The van der Waals surface area contributed by atoms with Crippen LogP contribution >= 0.6 is 0 Å². The van der Waals surface area contributed by atoms with E-state index in [0.717, 1.165) is 28.5 Å². The Bertz CT molecular complexity index is 1090. The van der Waals surface area contributed by atoms with E-state index >= 15 is 0 Å². The van der Waals surface area contributed by atoms with Gasteiger partial charge in [-0.3, -0.25) is 5.73 Å². The number of hydrogen-bond acceptors (Lipinski definition) is 5. The molecule has 28 heavy (non-hydrogen) atoms. The SMILES string of the molecule is NC1(c2cccc3ccccc23)N=C(Nc2cccc(C(F)(F)F)c2)N=CN1. The lowest BCUT2D eigenvalue weighted by atomic mass is 9.99. The van der Waals surface area contributed by atoms with E-state index in [1.54, 1.807) is 0 Å². The molecular weight excluding hydrogens is 367 g/mol. The fraction of sp³-hybridized carbons (Fsp3) is 0.100. The third-order valence-corrected chi connectivity index (χ3v) is 4.40. The second-order valence-corrected chi connectivity index (χ2v) is 6.33. The van der Waals surface area contributed by atoms with E-state index in [0.29, 0.717) is 0 Å². The molecule has 1 aliphatic heterocycles. The van der Waals surface area contributed by atoms with Crippen molar-refractivity contribution in [1.29, 1.82) is 0 Å². The van der Waals surface area contributed by atoms with Gasteiger partial charge >= 0.3 is 6.18 Å². The first-order valence-electron chi connectivity index (χ1n) is 8.47. The average molecular weight is 383 g/mol. The molecule has 0 aliphatic carbocycles.